The highest BCUT2D eigenvalue weighted by Gasteiger charge is 2.21. The Hall–Kier alpha value is -1.09. The van der Waals surface area contributed by atoms with E-state index in [1.807, 2.05) is 13.0 Å². The summed E-state index contributed by atoms with van der Waals surface area (Å²) in [4.78, 5) is 0. The Morgan fingerprint density at radius 1 is 1.26 bits per heavy atom. The van der Waals surface area contributed by atoms with E-state index in [1.165, 1.54) is 18.9 Å². The maximum atomic E-state index is 14.0. The molecule has 0 radical (unpaired) electrons. The average molecular weight is 265 g/mol. The predicted molar refractivity (Wildman–Crippen MR) is 75.8 cm³/mol. The summed E-state index contributed by atoms with van der Waals surface area (Å²) in [5, 5.41) is 3.23. The molecule has 0 atom stereocenters. The molecule has 0 aromatic heterocycles. The standard InChI is InChI=1S/C16H24FNO/c1-3-18-11-13-5-4-6-15(17)16(13)19-14-9-7-12(2)8-10-14/h4-6,12,14,18H,3,7-11H2,1-2H3. The van der Waals surface area contributed by atoms with Crippen LogP contribution >= 0.6 is 0 Å². The van der Waals surface area contributed by atoms with Crippen molar-refractivity contribution in [3.63, 3.8) is 0 Å². The summed E-state index contributed by atoms with van der Waals surface area (Å²) >= 11 is 0. The summed E-state index contributed by atoms with van der Waals surface area (Å²) in [6.07, 6.45) is 4.61. The van der Waals surface area contributed by atoms with Gasteiger partial charge in [0.25, 0.3) is 0 Å². The van der Waals surface area contributed by atoms with Gasteiger partial charge in [-0.2, -0.15) is 0 Å². The summed E-state index contributed by atoms with van der Waals surface area (Å²) in [6, 6.07) is 5.17. The number of rotatable bonds is 5. The Kier molecular flexibility index (Phi) is 5.20. The van der Waals surface area contributed by atoms with E-state index in [9.17, 15) is 4.39 Å². The van der Waals surface area contributed by atoms with Crippen LogP contribution in [-0.4, -0.2) is 12.6 Å². The summed E-state index contributed by atoms with van der Waals surface area (Å²) < 4.78 is 19.9. The lowest BCUT2D eigenvalue weighted by Gasteiger charge is -2.27. The molecule has 0 saturated heterocycles. The SMILES string of the molecule is CCNCc1cccc(F)c1OC1CCC(C)CC1. The molecule has 0 bridgehead atoms. The minimum atomic E-state index is -0.242. The molecule has 0 amide bonds. The van der Waals surface area contributed by atoms with Gasteiger partial charge in [-0.3, -0.25) is 0 Å². The minimum absolute atomic E-state index is 0.175. The van der Waals surface area contributed by atoms with Gasteiger partial charge in [-0.25, -0.2) is 4.39 Å². The van der Waals surface area contributed by atoms with Crippen LogP contribution in [0, 0.1) is 11.7 Å². The maximum Gasteiger partial charge on any atom is 0.165 e. The fraction of sp³-hybridized carbons (Fsp3) is 0.625. The first kappa shape index (κ1) is 14.3. The van der Waals surface area contributed by atoms with E-state index in [-0.39, 0.29) is 11.9 Å². The normalized spacial score (nSPS) is 23.3. The van der Waals surface area contributed by atoms with Crippen LogP contribution < -0.4 is 10.1 Å². The second-order valence-corrected chi connectivity index (χ2v) is 5.51. The highest BCUT2D eigenvalue weighted by molar-refractivity contribution is 5.35. The van der Waals surface area contributed by atoms with Gasteiger partial charge in [0.05, 0.1) is 6.10 Å². The largest absolute Gasteiger partial charge is 0.487 e. The summed E-state index contributed by atoms with van der Waals surface area (Å²) in [7, 11) is 0. The zero-order chi connectivity index (χ0) is 13.7. The lowest BCUT2D eigenvalue weighted by Crippen LogP contribution is -2.24. The van der Waals surface area contributed by atoms with E-state index in [4.69, 9.17) is 4.74 Å². The van der Waals surface area contributed by atoms with Crippen LogP contribution in [0.5, 0.6) is 5.75 Å². The number of para-hydroxylation sites is 1. The predicted octanol–water partition coefficient (Wildman–Crippen LogP) is 3.89. The molecule has 0 unspecified atom stereocenters. The van der Waals surface area contributed by atoms with Gasteiger partial charge in [0.15, 0.2) is 11.6 Å². The molecule has 2 nitrogen and oxygen atoms in total. The van der Waals surface area contributed by atoms with Crippen molar-refractivity contribution in [3.05, 3.63) is 29.6 Å². The molecule has 1 aromatic carbocycles. The molecule has 106 valence electrons. The van der Waals surface area contributed by atoms with Crippen LogP contribution in [0.3, 0.4) is 0 Å². The smallest absolute Gasteiger partial charge is 0.165 e. The zero-order valence-corrected chi connectivity index (χ0v) is 11.9. The van der Waals surface area contributed by atoms with E-state index < -0.39 is 0 Å². The summed E-state index contributed by atoms with van der Waals surface area (Å²) in [6.45, 7) is 5.85. The highest BCUT2D eigenvalue weighted by Crippen LogP contribution is 2.30. The first-order valence-electron chi connectivity index (χ1n) is 7.35. The van der Waals surface area contributed by atoms with Crippen molar-refractivity contribution >= 4 is 0 Å². The van der Waals surface area contributed by atoms with E-state index in [1.54, 1.807) is 6.07 Å². The monoisotopic (exact) mass is 265 g/mol. The van der Waals surface area contributed by atoms with E-state index in [0.717, 1.165) is 30.9 Å². The second kappa shape index (κ2) is 6.90. The van der Waals surface area contributed by atoms with Crippen LogP contribution in [0.4, 0.5) is 4.39 Å². The number of nitrogens with one attached hydrogen (secondary N) is 1. The molecule has 1 aromatic rings. The topological polar surface area (TPSA) is 21.3 Å². The molecule has 3 heteroatoms. The van der Waals surface area contributed by atoms with Crippen molar-refractivity contribution in [2.75, 3.05) is 6.54 Å². The quantitative estimate of drug-likeness (QED) is 0.872. The van der Waals surface area contributed by atoms with Crippen molar-refractivity contribution in [3.8, 4) is 5.75 Å². The van der Waals surface area contributed by atoms with Gasteiger partial charge in [0.1, 0.15) is 0 Å². The second-order valence-electron chi connectivity index (χ2n) is 5.51. The zero-order valence-electron chi connectivity index (χ0n) is 11.9. The lowest BCUT2D eigenvalue weighted by atomic mass is 9.89. The number of hydrogen-bond acceptors (Lipinski definition) is 2. The van der Waals surface area contributed by atoms with Crippen molar-refractivity contribution in [2.24, 2.45) is 5.92 Å². The Labute approximate surface area is 115 Å². The molecule has 1 aliphatic carbocycles. The maximum absolute atomic E-state index is 14.0. The number of ether oxygens (including phenoxy) is 1. The number of halogens is 1. The third-order valence-electron chi connectivity index (χ3n) is 3.86. The fourth-order valence-electron chi connectivity index (χ4n) is 2.60. The fourth-order valence-corrected chi connectivity index (χ4v) is 2.60. The Morgan fingerprint density at radius 2 is 2.00 bits per heavy atom. The van der Waals surface area contributed by atoms with Crippen LogP contribution in [0.15, 0.2) is 18.2 Å². The molecule has 0 heterocycles. The Morgan fingerprint density at radius 3 is 2.68 bits per heavy atom. The molecule has 1 saturated carbocycles. The molecule has 0 spiro atoms. The molecule has 1 aliphatic rings. The van der Waals surface area contributed by atoms with Gasteiger partial charge in [-0.1, -0.05) is 26.0 Å². The third-order valence-corrected chi connectivity index (χ3v) is 3.86. The van der Waals surface area contributed by atoms with Crippen molar-refractivity contribution < 1.29 is 9.13 Å². The van der Waals surface area contributed by atoms with Gasteiger partial charge >= 0.3 is 0 Å². The van der Waals surface area contributed by atoms with Crippen molar-refractivity contribution in [2.45, 2.75) is 52.2 Å². The van der Waals surface area contributed by atoms with Gasteiger partial charge in [-0.15, -0.1) is 0 Å². The molecular weight excluding hydrogens is 241 g/mol. The van der Waals surface area contributed by atoms with Crippen LogP contribution in [0.2, 0.25) is 0 Å². The molecular formula is C16H24FNO. The molecule has 19 heavy (non-hydrogen) atoms. The van der Waals surface area contributed by atoms with Crippen LogP contribution in [0.25, 0.3) is 0 Å². The van der Waals surface area contributed by atoms with E-state index in [2.05, 4.69) is 12.2 Å². The van der Waals surface area contributed by atoms with Gasteiger partial charge in [0.2, 0.25) is 0 Å². The van der Waals surface area contributed by atoms with Gasteiger partial charge in [0, 0.05) is 12.1 Å². The number of hydrogen-bond donors (Lipinski definition) is 1. The molecule has 2 rings (SSSR count). The summed E-state index contributed by atoms with van der Waals surface area (Å²) in [5.74, 6) is 0.985. The Bertz CT molecular complexity index is 400. The van der Waals surface area contributed by atoms with Crippen molar-refractivity contribution in [1.29, 1.82) is 0 Å². The van der Waals surface area contributed by atoms with E-state index >= 15 is 0 Å². The van der Waals surface area contributed by atoms with Crippen LogP contribution in [-0.2, 0) is 6.54 Å². The average Bonchev–Trinajstić information content (AvgIpc) is 2.42. The minimum Gasteiger partial charge on any atom is -0.487 e. The molecule has 1 N–H and O–H groups in total. The lowest BCUT2D eigenvalue weighted by molar-refractivity contribution is 0.129. The molecule has 0 aliphatic heterocycles. The first-order chi connectivity index (χ1) is 9.20. The van der Waals surface area contributed by atoms with E-state index in [0.29, 0.717) is 12.3 Å². The van der Waals surface area contributed by atoms with Gasteiger partial charge in [-0.05, 0) is 44.2 Å². The highest BCUT2D eigenvalue weighted by atomic mass is 19.1. The van der Waals surface area contributed by atoms with Gasteiger partial charge < -0.3 is 10.1 Å². The summed E-state index contributed by atoms with van der Waals surface area (Å²) in [5.41, 5.74) is 0.917. The third kappa shape index (κ3) is 3.93. The van der Waals surface area contributed by atoms with Crippen molar-refractivity contribution in [1.82, 2.24) is 5.32 Å². The first-order valence-corrected chi connectivity index (χ1v) is 7.35. The number of benzene rings is 1. The van der Waals surface area contributed by atoms with Crippen LogP contribution in [0.1, 0.15) is 45.1 Å². The molecule has 1 fully saturated rings. The Balaban J connectivity index is 2.05.